The Morgan fingerprint density at radius 1 is 1.38 bits per heavy atom. The van der Waals surface area contributed by atoms with Crippen molar-refractivity contribution in [2.75, 3.05) is 23.4 Å². The first-order valence-corrected chi connectivity index (χ1v) is 6.52. The number of amides is 1. The second kappa shape index (κ2) is 7.17. The number of carbonyl (C=O) groups excluding carboxylic acids is 1. The Hall–Kier alpha value is -1.16. The molecule has 0 bridgehead atoms. The highest BCUT2D eigenvalue weighted by Crippen LogP contribution is 2.23. The summed E-state index contributed by atoms with van der Waals surface area (Å²) in [4.78, 5) is 11.5. The Labute approximate surface area is 101 Å². The van der Waals surface area contributed by atoms with Crippen LogP contribution in [0.2, 0.25) is 0 Å². The zero-order chi connectivity index (χ0) is 11.8. The fourth-order valence-corrected chi connectivity index (χ4v) is 1.69. The lowest BCUT2D eigenvalue weighted by atomic mass is 10.3. The zero-order valence-corrected chi connectivity index (χ0v) is 10.5. The molecule has 0 aliphatic heterocycles. The fourth-order valence-electron chi connectivity index (χ4n) is 1.23. The van der Waals surface area contributed by atoms with Crippen LogP contribution in [0.25, 0.3) is 0 Å². The van der Waals surface area contributed by atoms with Gasteiger partial charge in [-0.15, -0.1) is 0 Å². The van der Waals surface area contributed by atoms with Crippen molar-refractivity contribution in [1.29, 1.82) is 0 Å². The molecule has 1 rings (SSSR count). The number of benzene rings is 1. The van der Waals surface area contributed by atoms with Crippen LogP contribution in [-0.4, -0.2) is 24.0 Å². The molecule has 0 saturated carbocycles. The number of ether oxygens (including phenoxy) is 1. The molecule has 0 unspecified atom stereocenters. The number of carbonyl (C=O) groups is 1. The van der Waals surface area contributed by atoms with Gasteiger partial charge in [0, 0.05) is 0 Å². The topological polar surface area (TPSA) is 38.3 Å². The van der Waals surface area contributed by atoms with Gasteiger partial charge in [0.2, 0.25) is 5.91 Å². The number of thioether (sulfide) groups is 1. The van der Waals surface area contributed by atoms with Crippen LogP contribution < -0.4 is 10.1 Å². The van der Waals surface area contributed by atoms with Crippen LogP contribution in [0.5, 0.6) is 5.75 Å². The van der Waals surface area contributed by atoms with Gasteiger partial charge in [-0.05, 0) is 24.8 Å². The average Bonchev–Trinajstić information content (AvgIpc) is 2.29. The van der Waals surface area contributed by atoms with E-state index in [0.29, 0.717) is 12.4 Å². The van der Waals surface area contributed by atoms with Gasteiger partial charge in [0.05, 0.1) is 18.0 Å². The summed E-state index contributed by atoms with van der Waals surface area (Å²) in [6, 6.07) is 7.47. The Balaban J connectivity index is 2.61. The molecular formula is C12H17NO2S. The first kappa shape index (κ1) is 12.9. The lowest BCUT2D eigenvalue weighted by Gasteiger charge is -2.10. The SMILES string of the molecule is CCOc1ccccc1NC(=O)CSCC. The second-order valence-corrected chi connectivity index (χ2v) is 4.39. The smallest absolute Gasteiger partial charge is 0.234 e. The van der Waals surface area contributed by atoms with Crippen LogP contribution in [0.4, 0.5) is 5.69 Å². The van der Waals surface area contributed by atoms with E-state index in [4.69, 9.17) is 4.74 Å². The summed E-state index contributed by atoms with van der Waals surface area (Å²) in [5.41, 5.74) is 0.742. The molecule has 0 fully saturated rings. The average molecular weight is 239 g/mol. The highest BCUT2D eigenvalue weighted by Gasteiger charge is 2.06. The van der Waals surface area contributed by atoms with E-state index in [1.165, 1.54) is 0 Å². The molecular weight excluding hydrogens is 222 g/mol. The van der Waals surface area contributed by atoms with Crippen LogP contribution in [0.1, 0.15) is 13.8 Å². The molecule has 1 N–H and O–H groups in total. The molecule has 0 aliphatic rings. The highest BCUT2D eigenvalue weighted by molar-refractivity contribution is 7.99. The molecule has 1 aromatic carbocycles. The van der Waals surface area contributed by atoms with Gasteiger partial charge in [0.15, 0.2) is 0 Å². The normalized spacial score (nSPS) is 9.88. The van der Waals surface area contributed by atoms with E-state index in [1.807, 2.05) is 38.1 Å². The third-order valence-corrected chi connectivity index (χ3v) is 2.77. The van der Waals surface area contributed by atoms with Crippen LogP contribution in [-0.2, 0) is 4.79 Å². The molecule has 0 atom stereocenters. The third kappa shape index (κ3) is 4.14. The second-order valence-electron chi connectivity index (χ2n) is 3.11. The molecule has 0 spiro atoms. The Morgan fingerprint density at radius 2 is 2.12 bits per heavy atom. The van der Waals surface area contributed by atoms with Crippen molar-refractivity contribution in [3.05, 3.63) is 24.3 Å². The van der Waals surface area contributed by atoms with Crippen LogP contribution >= 0.6 is 11.8 Å². The van der Waals surface area contributed by atoms with Gasteiger partial charge in [0.1, 0.15) is 5.75 Å². The van der Waals surface area contributed by atoms with Crippen molar-refractivity contribution >= 4 is 23.4 Å². The van der Waals surface area contributed by atoms with Gasteiger partial charge < -0.3 is 10.1 Å². The number of hydrogen-bond acceptors (Lipinski definition) is 3. The molecule has 0 aliphatic carbocycles. The van der Waals surface area contributed by atoms with Crippen molar-refractivity contribution < 1.29 is 9.53 Å². The zero-order valence-electron chi connectivity index (χ0n) is 9.66. The van der Waals surface area contributed by atoms with E-state index in [9.17, 15) is 4.79 Å². The molecule has 0 aromatic heterocycles. The molecule has 88 valence electrons. The quantitative estimate of drug-likeness (QED) is 0.829. The minimum absolute atomic E-state index is 0.0130. The van der Waals surface area contributed by atoms with Crippen LogP contribution in [0.3, 0.4) is 0 Å². The summed E-state index contributed by atoms with van der Waals surface area (Å²) in [6.07, 6.45) is 0. The summed E-state index contributed by atoms with van der Waals surface area (Å²) in [5, 5.41) is 2.85. The van der Waals surface area contributed by atoms with Crippen LogP contribution in [0, 0.1) is 0 Å². The molecule has 1 amide bonds. The number of hydrogen-bond donors (Lipinski definition) is 1. The highest BCUT2D eigenvalue weighted by atomic mass is 32.2. The van der Waals surface area contributed by atoms with Gasteiger partial charge in [-0.25, -0.2) is 0 Å². The standard InChI is InChI=1S/C12H17NO2S/c1-3-15-11-8-6-5-7-10(11)13-12(14)9-16-4-2/h5-8H,3-4,9H2,1-2H3,(H,13,14). The van der Waals surface area contributed by atoms with Gasteiger partial charge >= 0.3 is 0 Å². The third-order valence-electron chi connectivity index (χ3n) is 1.90. The first-order chi connectivity index (χ1) is 7.77. The lowest BCUT2D eigenvalue weighted by molar-refractivity contribution is -0.113. The Bertz CT molecular complexity index is 342. The summed E-state index contributed by atoms with van der Waals surface area (Å²) >= 11 is 1.60. The number of rotatable bonds is 6. The first-order valence-electron chi connectivity index (χ1n) is 5.37. The van der Waals surface area contributed by atoms with Crippen LogP contribution in [0.15, 0.2) is 24.3 Å². The summed E-state index contributed by atoms with van der Waals surface area (Å²) in [6.45, 7) is 4.55. The molecule has 3 nitrogen and oxygen atoms in total. The van der Waals surface area contributed by atoms with Crippen molar-refractivity contribution in [3.63, 3.8) is 0 Å². The predicted molar refractivity (Wildman–Crippen MR) is 69.2 cm³/mol. The monoisotopic (exact) mass is 239 g/mol. The van der Waals surface area contributed by atoms with E-state index in [2.05, 4.69) is 5.32 Å². The number of para-hydroxylation sites is 2. The molecule has 1 aromatic rings. The fraction of sp³-hybridized carbons (Fsp3) is 0.417. The lowest BCUT2D eigenvalue weighted by Crippen LogP contribution is -2.15. The predicted octanol–water partition coefficient (Wildman–Crippen LogP) is 2.78. The molecule has 0 radical (unpaired) electrons. The van der Waals surface area contributed by atoms with E-state index in [1.54, 1.807) is 11.8 Å². The van der Waals surface area contributed by atoms with Crippen molar-refractivity contribution in [2.45, 2.75) is 13.8 Å². The molecule has 16 heavy (non-hydrogen) atoms. The molecule has 0 heterocycles. The maximum atomic E-state index is 11.5. The van der Waals surface area contributed by atoms with Crippen molar-refractivity contribution in [1.82, 2.24) is 0 Å². The van der Waals surface area contributed by atoms with E-state index in [0.717, 1.165) is 17.2 Å². The van der Waals surface area contributed by atoms with Crippen molar-refractivity contribution in [2.24, 2.45) is 0 Å². The number of nitrogens with one attached hydrogen (secondary N) is 1. The van der Waals surface area contributed by atoms with Gasteiger partial charge in [-0.2, -0.15) is 11.8 Å². The van der Waals surface area contributed by atoms with Gasteiger partial charge in [0.25, 0.3) is 0 Å². The summed E-state index contributed by atoms with van der Waals surface area (Å²) < 4.78 is 5.42. The Kier molecular flexibility index (Phi) is 5.78. The van der Waals surface area contributed by atoms with Gasteiger partial charge in [-0.1, -0.05) is 19.1 Å². The minimum Gasteiger partial charge on any atom is -0.492 e. The molecule has 0 saturated heterocycles. The Morgan fingerprint density at radius 3 is 2.81 bits per heavy atom. The van der Waals surface area contributed by atoms with Gasteiger partial charge in [-0.3, -0.25) is 4.79 Å². The van der Waals surface area contributed by atoms with E-state index >= 15 is 0 Å². The minimum atomic E-state index is 0.0130. The maximum Gasteiger partial charge on any atom is 0.234 e. The summed E-state index contributed by atoms with van der Waals surface area (Å²) in [7, 11) is 0. The van der Waals surface area contributed by atoms with E-state index < -0.39 is 0 Å². The van der Waals surface area contributed by atoms with Crippen molar-refractivity contribution in [3.8, 4) is 5.75 Å². The van der Waals surface area contributed by atoms with E-state index in [-0.39, 0.29) is 5.91 Å². The molecule has 4 heteroatoms. The number of anilines is 1. The largest absolute Gasteiger partial charge is 0.492 e. The maximum absolute atomic E-state index is 11.5. The summed E-state index contributed by atoms with van der Waals surface area (Å²) in [5.74, 6) is 2.16.